The van der Waals surface area contributed by atoms with Gasteiger partial charge in [-0.05, 0) is 60.7 Å². The van der Waals surface area contributed by atoms with Crippen LogP contribution in [0, 0.1) is 11.3 Å². The molecule has 0 aliphatic heterocycles. The van der Waals surface area contributed by atoms with Gasteiger partial charge >= 0.3 is 5.97 Å². The minimum Gasteiger partial charge on any atom is -0.461 e. The molecule has 0 amide bonds. The second-order valence-electron chi connectivity index (χ2n) is 6.19. The van der Waals surface area contributed by atoms with Gasteiger partial charge < -0.3 is 14.2 Å². The summed E-state index contributed by atoms with van der Waals surface area (Å²) in [5.74, 6) is 1.47. The van der Waals surface area contributed by atoms with Crippen molar-refractivity contribution in [2.45, 2.75) is 13.5 Å². The summed E-state index contributed by atoms with van der Waals surface area (Å²) in [6.45, 7) is 1.44. The highest BCUT2D eigenvalue weighted by Gasteiger charge is 2.10. The third-order valence-electron chi connectivity index (χ3n) is 4.00. The molecule has 0 aromatic heterocycles. The van der Waals surface area contributed by atoms with Gasteiger partial charge in [0.15, 0.2) is 6.29 Å². The molecule has 30 heavy (non-hydrogen) atoms. The molecule has 0 fully saturated rings. The first-order valence-electron chi connectivity index (χ1n) is 8.85. The molecule has 0 atom stereocenters. The number of benzene rings is 3. The number of nitrogens with zero attached hydrogens (tertiary/aromatic N) is 1. The quantitative estimate of drug-likeness (QED) is 0.324. The molecule has 0 saturated carbocycles. The van der Waals surface area contributed by atoms with Crippen LogP contribution in [0.1, 0.15) is 28.4 Å². The molecule has 6 nitrogen and oxygen atoms in total. The number of esters is 1. The molecule has 3 rings (SSSR count). The van der Waals surface area contributed by atoms with Crippen molar-refractivity contribution in [1.82, 2.24) is 0 Å². The van der Waals surface area contributed by atoms with Crippen molar-refractivity contribution < 1.29 is 23.8 Å². The van der Waals surface area contributed by atoms with Crippen LogP contribution >= 0.6 is 15.9 Å². The summed E-state index contributed by atoms with van der Waals surface area (Å²) in [6, 6.07) is 18.8. The minimum absolute atomic E-state index is 0.102. The Labute approximate surface area is 181 Å². The summed E-state index contributed by atoms with van der Waals surface area (Å²) in [5.41, 5.74) is 1.57. The molecule has 3 aromatic rings. The summed E-state index contributed by atoms with van der Waals surface area (Å²) in [4.78, 5) is 22.6. The predicted molar refractivity (Wildman–Crippen MR) is 113 cm³/mol. The molecular weight excluding hydrogens is 450 g/mol. The van der Waals surface area contributed by atoms with Crippen LogP contribution in [-0.4, -0.2) is 12.3 Å². The molecule has 0 aliphatic rings. The van der Waals surface area contributed by atoms with Crippen LogP contribution in [0.25, 0.3) is 0 Å². The number of rotatable bonds is 7. The molecule has 0 N–H and O–H groups in total. The maximum Gasteiger partial charge on any atom is 0.302 e. The van der Waals surface area contributed by atoms with E-state index in [0.29, 0.717) is 40.4 Å². The highest BCUT2D eigenvalue weighted by Crippen LogP contribution is 2.32. The average molecular weight is 466 g/mol. The zero-order chi connectivity index (χ0) is 21.5. The van der Waals surface area contributed by atoms with E-state index in [9.17, 15) is 9.59 Å². The van der Waals surface area contributed by atoms with Crippen molar-refractivity contribution in [3.63, 3.8) is 0 Å². The Bertz CT molecular complexity index is 1120. The lowest BCUT2D eigenvalue weighted by Crippen LogP contribution is -2.00. The van der Waals surface area contributed by atoms with Crippen LogP contribution < -0.4 is 9.47 Å². The Hall–Kier alpha value is -3.63. The van der Waals surface area contributed by atoms with E-state index in [0.717, 1.165) is 10.0 Å². The number of halogens is 1. The first kappa shape index (κ1) is 21.1. The molecular formula is C23H16BrNO5. The lowest BCUT2D eigenvalue weighted by molar-refractivity contribution is -0.142. The van der Waals surface area contributed by atoms with E-state index in [2.05, 4.69) is 15.9 Å². The van der Waals surface area contributed by atoms with Crippen LogP contribution in [-0.2, 0) is 16.1 Å². The number of carbonyl (C=O) groups excluding carboxylic acids is 2. The summed E-state index contributed by atoms with van der Waals surface area (Å²) < 4.78 is 17.4. The Kier molecular flexibility index (Phi) is 6.83. The smallest absolute Gasteiger partial charge is 0.302 e. The van der Waals surface area contributed by atoms with E-state index >= 15 is 0 Å². The van der Waals surface area contributed by atoms with Crippen LogP contribution in [0.2, 0.25) is 0 Å². The first-order valence-corrected chi connectivity index (χ1v) is 9.64. The molecule has 3 aromatic carbocycles. The number of carbonyl (C=O) groups is 2. The normalized spacial score (nSPS) is 10.0. The lowest BCUT2D eigenvalue weighted by Gasteiger charge is -2.12. The number of hydrogen-bond acceptors (Lipinski definition) is 6. The van der Waals surface area contributed by atoms with Gasteiger partial charge in [0.25, 0.3) is 0 Å². The molecule has 0 saturated heterocycles. The standard InChI is InChI=1S/C23H16BrNO5/c1-15(27)28-14-18-11-21(6-8-22(18)24)30-23-9-7-20(10-17(23)13-26)29-19-4-2-16(12-25)3-5-19/h2-11,13H,14H2,1H3. The molecule has 0 unspecified atom stereocenters. The van der Waals surface area contributed by atoms with Crippen molar-refractivity contribution in [3.8, 4) is 29.1 Å². The van der Waals surface area contributed by atoms with Crippen molar-refractivity contribution in [2.75, 3.05) is 0 Å². The van der Waals surface area contributed by atoms with Crippen molar-refractivity contribution >= 4 is 28.2 Å². The predicted octanol–water partition coefficient (Wildman–Crippen LogP) is 5.78. The maximum absolute atomic E-state index is 11.6. The van der Waals surface area contributed by atoms with Gasteiger partial charge in [-0.25, -0.2) is 0 Å². The van der Waals surface area contributed by atoms with Gasteiger partial charge in [-0.3, -0.25) is 9.59 Å². The molecule has 150 valence electrons. The van der Waals surface area contributed by atoms with Crippen molar-refractivity contribution in [1.29, 1.82) is 5.26 Å². The zero-order valence-electron chi connectivity index (χ0n) is 15.9. The molecule has 7 heteroatoms. The molecule has 0 heterocycles. The van der Waals surface area contributed by atoms with Crippen LogP contribution in [0.15, 0.2) is 65.1 Å². The fraction of sp³-hybridized carbons (Fsp3) is 0.0870. The Morgan fingerprint density at radius 2 is 1.67 bits per heavy atom. The second kappa shape index (κ2) is 9.72. The van der Waals surface area contributed by atoms with E-state index in [-0.39, 0.29) is 12.6 Å². The van der Waals surface area contributed by atoms with E-state index in [1.165, 1.54) is 6.92 Å². The monoisotopic (exact) mass is 465 g/mol. The van der Waals surface area contributed by atoms with Crippen molar-refractivity contribution in [3.05, 3.63) is 81.8 Å². The Morgan fingerprint density at radius 3 is 2.33 bits per heavy atom. The lowest BCUT2D eigenvalue weighted by atomic mass is 10.2. The van der Waals surface area contributed by atoms with E-state index < -0.39 is 0 Å². The molecule has 0 aliphatic carbocycles. The highest BCUT2D eigenvalue weighted by molar-refractivity contribution is 9.10. The zero-order valence-corrected chi connectivity index (χ0v) is 17.5. The molecule has 0 spiro atoms. The van der Waals surface area contributed by atoms with Gasteiger partial charge in [0.1, 0.15) is 29.6 Å². The molecule has 0 bridgehead atoms. The van der Waals surface area contributed by atoms with Crippen molar-refractivity contribution in [2.24, 2.45) is 0 Å². The number of nitriles is 1. The summed E-state index contributed by atoms with van der Waals surface area (Å²) in [6.07, 6.45) is 0.680. The Balaban J connectivity index is 1.78. The molecule has 0 radical (unpaired) electrons. The first-order chi connectivity index (χ1) is 14.5. The minimum atomic E-state index is -0.380. The fourth-order valence-corrected chi connectivity index (χ4v) is 2.90. The van der Waals surface area contributed by atoms with Crippen LogP contribution in [0.3, 0.4) is 0 Å². The second-order valence-corrected chi connectivity index (χ2v) is 7.05. The highest BCUT2D eigenvalue weighted by atomic mass is 79.9. The fourth-order valence-electron chi connectivity index (χ4n) is 2.54. The van der Waals surface area contributed by atoms with Gasteiger partial charge in [-0.1, -0.05) is 15.9 Å². The summed E-state index contributed by atoms with van der Waals surface area (Å²) >= 11 is 3.41. The van der Waals surface area contributed by atoms with Gasteiger partial charge in [0, 0.05) is 17.0 Å². The number of ether oxygens (including phenoxy) is 3. The largest absolute Gasteiger partial charge is 0.461 e. The summed E-state index contributed by atoms with van der Waals surface area (Å²) in [5, 5.41) is 8.86. The maximum atomic E-state index is 11.6. The Morgan fingerprint density at radius 1 is 1.00 bits per heavy atom. The van der Waals surface area contributed by atoms with E-state index in [1.807, 2.05) is 6.07 Å². The average Bonchev–Trinajstić information content (AvgIpc) is 2.75. The third kappa shape index (κ3) is 5.46. The van der Waals surface area contributed by atoms with Gasteiger partial charge in [0.2, 0.25) is 0 Å². The van der Waals surface area contributed by atoms with Gasteiger partial charge in [-0.2, -0.15) is 5.26 Å². The van der Waals surface area contributed by atoms with E-state index in [4.69, 9.17) is 19.5 Å². The van der Waals surface area contributed by atoms with Gasteiger partial charge in [-0.15, -0.1) is 0 Å². The van der Waals surface area contributed by atoms with Crippen LogP contribution in [0.4, 0.5) is 0 Å². The third-order valence-corrected chi connectivity index (χ3v) is 4.78. The number of aldehydes is 1. The van der Waals surface area contributed by atoms with E-state index in [1.54, 1.807) is 60.7 Å². The number of hydrogen-bond donors (Lipinski definition) is 0. The van der Waals surface area contributed by atoms with Crippen LogP contribution in [0.5, 0.6) is 23.0 Å². The SMILES string of the molecule is CC(=O)OCc1cc(Oc2ccc(Oc3ccc(C#N)cc3)cc2C=O)ccc1Br. The topological polar surface area (TPSA) is 85.6 Å². The van der Waals surface area contributed by atoms with Gasteiger partial charge in [0.05, 0.1) is 17.2 Å². The summed E-state index contributed by atoms with van der Waals surface area (Å²) in [7, 11) is 0.